The molecule has 0 spiro atoms. The molecule has 2 aromatic rings. The molecular formula is C21H19N3O3. The fraction of sp³-hybridized carbons (Fsp3) is 0.190. The number of likely N-dealkylation sites (N-methyl/N-ethyl adjacent to an activating group) is 1. The van der Waals surface area contributed by atoms with Gasteiger partial charge in [-0.15, -0.1) is 0 Å². The monoisotopic (exact) mass is 361 g/mol. The molecule has 1 amide bonds. The molecule has 0 atom stereocenters. The predicted molar refractivity (Wildman–Crippen MR) is 101 cm³/mol. The second-order valence-electron chi connectivity index (χ2n) is 5.84. The van der Waals surface area contributed by atoms with Crippen molar-refractivity contribution in [2.75, 3.05) is 21.2 Å². The van der Waals surface area contributed by atoms with E-state index in [4.69, 9.17) is 14.7 Å². The predicted octanol–water partition coefficient (Wildman–Crippen LogP) is 3.14. The Morgan fingerprint density at radius 1 is 1.15 bits per heavy atom. The summed E-state index contributed by atoms with van der Waals surface area (Å²) in [5, 5.41) is 18.3. The minimum atomic E-state index is -0.370. The number of methoxy groups -OCH3 is 1. The highest BCUT2D eigenvalue weighted by molar-refractivity contribution is 6.01. The first-order chi connectivity index (χ1) is 13.0. The van der Waals surface area contributed by atoms with Crippen LogP contribution in [-0.2, 0) is 11.4 Å². The van der Waals surface area contributed by atoms with Gasteiger partial charge in [0.25, 0.3) is 5.91 Å². The molecule has 0 aliphatic carbocycles. The van der Waals surface area contributed by atoms with Crippen LogP contribution in [0.25, 0.3) is 6.08 Å². The first-order valence-corrected chi connectivity index (χ1v) is 8.12. The van der Waals surface area contributed by atoms with Crippen LogP contribution in [0.3, 0.4) is 0 Å². The lowest BCUT2D eigenvalue weighted by Gasteiger charge is -2.12. The van der Waals surface area contributed by atoms with Gasteiger partial charge >= 0.3 is 0 Å². The summed E-state index contributed by atoms with van der Waals surface area (Å²) in [6, 6.07) is 16.4. The average molecular weight is 361 g/mol. The molecule has 0 N–H and O–H groups in total. The molecular weight excluding hydrogens is 342 g/mol. The zero-order valence-electron chi connectivity index (χ0n) is 15.4. The quantitative estimate of drug-likeness (QED) is 0.583. The van der Waals surface area contributed by atoms with Crippen LogP contribution in [0.2, 0.25) is 0 Å². The summed E-state index contributed by atoms with van der Waals surface area (Å²) in [6.07, 6.45) is 1.50. The normalized spacial score (nSPS) is 10.5. The highest BCUT2D eigenvalue weighted by Crippen LogP contribution is 2.30. The summed E-state index contributed by atoms with van der Waals surface area (Å²) in [5.41, 5.74) is 1.99. The Bertz CT molecular complexity index is 950. The number of hydrogen-bond donors (Lipinski definition) is 0. The van der Waals surface area contributed by atoms with Gasteiger partial charge in [-0.2, -0.15) is 10.5 Å². The lowest BCUT2D eigenvalue weighted by atomic mass is 10.1. The highest BCUT2D eigenvalue weighted by Gasteiger charge is 2.12. The highest BCUT2D eigenvalue weighted by atomic mass is 16.5. The van der Waals surface area contributed by atoms with E-state index in [9.17, 15) is 10.1 Å². The van der Waals surface area contributed by atoms with E-state index < -0.39 is 0 Å². The van der Waals surface area contributed by atoms with Crippen molar-refractivity contribution in [2.45, 2.75) is 6.61 Å². The Morgan fingerprint density at radius 3 is 2.52 bits per heavy atom. The van der Waals surface area contributed by atoms with Crippen molar-refractivity contribution in [3.63, 3.8) is 0 Å². The second-order valence-corrected chi connectivity index (χ2v) is 5.84. The summed E-state index contributed by atoms with van der Waals surface area (Å²) in [7, 11) is 4.68. The summed E-state index contributed by atoms with van der Waals surface area (Å²) < 4.78 is 11.1. The van der Waals surface area contributed by atoms with E-state index in [0.717, 1.165) is 5.56 Å². The number of rotatable bonds is 6. The molecule has 0 radical (unpaired) electrons. The Labute approximate surface area is 158 Å². The SMILES string of the molecule is COc1cc(/C=C(/C#N)C(=O)N(C)C)ccc1OCc1ccccc1C#N. The average Bonchev–Trinajstić information content (AvgIpc) is 2.70. The van der Waals surface area contributed by atoms with Crippen molar-refractivity contribution >= 4 is 12.0 Å². The molecule has 136 valence electrons. The summed E-state index contributed by atoms with van der Waals surface area (Å²) >= 11 is 0. The van der Waals surface area contributed by atoms with Crippen molar-refractivity contribution in [3.05, 3.63) is 64.7 Å². The molecule has 2 rings (SSSR count). The van der Waals surface area contributed by atoms with Gasteiger partial charge in [0.05, 0.1) is 18.7 Å². The van der Waals surface area contributed by atoms with Crippen molar-refractivity contribution in [1.82, 2.24) is 4.90 Å². The third-order valence-electron chi connectivity index (χ3n) is 3.78. The smallest absolute Gasteiger partial charge is 0.264 e. The fourth-order valence-electron chi connectivity index (χ4n) is 2.35. The fourth-order valence-corrected chi connectivity index (χ4v) is 2.35. The molecule has 0 aliphatic rings. The van der Waals surface area contributed by atoms with Crippen molar-refractivity contribution in [3.8, 4) is 23.6 Å². The minimum Gasteiger partial charge on any atom is -0.493 e. The number of carbonyl (C=O) groups excluding carboxylic acids is 1. The minimum absolute atomic E-state index is 0.0265. The standard InChI is InChI=1S/C21H19N3O3/c1-24(2)21(25)18(13-23)10-15-8-9-19(20(11-15)26-3)27-14-17-7-5-4-6-16(17)12-22/h4-11H,14H2,1-3H3/b18-10-. The third kappa shape index (κ3) is 4.87. The van der Waals surface area contributed by atoms with E-state index >= 15 is 0 Å². The first-order valence-electron chi connectivity index (χ1n) is 8.12. The summed E-state index contributed by atoms with van der Waals surface area (Å²) in [5.74, 6) is 0.595. The van der Waals surface area contributed by atoms with Crippen LogP contribution in [0.5, 0.6) is 11.5 Å². The number of ether oxygens (including phenoxy) is 2. The molecule has 0 fully saturated rings. The number of nitrogens with zero attached hydrogens (tertiary/aromatic N) is 3. The maximum atomic E-state index is 12.0. The molecule has 0 aromatic heterocycles. The van der Waals surface area contributed by atoms with Gasteiger partial charge in [0.1, 0.15) is 18.2 Å². The topological polar surface area (TPSA) is 86.3 Å². The van der Waals surface area contributed by atoms with E-state index in [1.165, 1.54) is 18.1 Å². The number of hydrogen-bond acceptors (Lipinski definition) is 5. The largest absolute Gasteiger partial charge is 0.493 e. The van der Waals surface area contributed by atoms with Gasteiger partial charge in [-0.25, -0.2) is 0 Å². The molecule has 0 aliphatic heterocycles. The van der Waals surface area contributed by atoms with Crippen LogP contribution in [0.15, 0.2) is 48.0 Å². The van der Waals surface area contributed by atoms with Crippen molar-refractivity contribution in [2.24, 2.45) is 0 Å². The second kappa shape index (κ2) is 9.07. The van der Waals surface area contributed by atoms with Crippen LogP contribution in [-0.4, -0.2) is 32.0 Å². The number of benzene rings is 2. The molecule has 0 saturated carbocycles. The number of carbonyl (C=O) groups is 1. The molecule has 6 heteroatoms. The van der Waals surface area contributed by atoms with Crippen molar-refractivity contribution < 1.29 is 14.3 Å². The molecule has 0 saturated heterocycles. The lowest BCUT2D eigenvalue weighted by molar-refractivity contribution is -0.124. The van der Waals surface area contributed by atoms with Crippen LogP contribution in [0, 0.1) is 22.7 Å². The van der Waals surface area contributed by atoms with Crippen LogP contribution >= 0.6 is 0 Å². The van der Waals surface area contributed by atoms with E-state index in [1.807, 2.05) is 18.2 Å². The lowest BCUT2D eigenvalue weighted by Crippen LogP contribution is -2.22. The maximum Gasteiger partial charge on any atom is 0.264 e. The molecule has 0 heterocycles. The van der Waals surface area contributed by atoms with E-state index in [1.54, 1.807) is 44.4 Å². The van der Waals surface area contributed by atoms with Crippen molar-refractivity contribution in [1.29, 1.82) is 10.5 Å². The molecule has 27 heavy (non-hydrogen) atoms. The van der Waals surface area contributed by atoms with Crippen LogP contribution < -0.4 is 9.47 Å². The first kappa shape index (κ1) is 19.6. The van der Waals surface area contributed by atoms with Gasteiger partial charge in [0.2, 0.25) is 0 Å². The van der Waals surface area contributed by atoms with Gasteiger partial charge in [-0.3, -0.25) is 4.79 Å². The summed E-state index contributed by atoms with van der Waals surface area (Å²) in [6.45, 7) is 0.220. The Balaban J connectivity index is 2.25. The molecule has 6 nitrogen and oxygen atoms in total. The van der Waals surface area contributed by atoms with Gasteiger partial charge in [0, 0.05) is 19.7 Å². The van der Waals surface area contributed by atoms with Crippen LogP contribution in [0.1, 0.15) is 16.7 Å². The van der Waals surface area contributed by atoms with Gasteiger partial charge in [-0.05, 0) is 29.8 Å². The Hall–Kier alpha value is -3.77. The van der Waals surface area contributed by atoms with Gasteiger partial charge in [0.15, 0.2) is 11.5 Å². The van der Waals surface area contributed by atoms with Crippen LogP contribution in [0.4, 0.5) is 0 Å². The third-order valence-corrected chi connectivity index (χ3v) is 3.78. The number of nitriles is 2. The number of amides is 1. The zero-order chi connectivity index (χ0) is 19.8. The Morgan fingerprint density at radius 2 is 1.89 bits per heavy atom. The Kier molecular flexibility index (Phi) is 6.57. The zero-order valence-corrected chi connectivity index (χ0v) is 15.4. The van der Waals surface area contributed by atoms with E-state index in [0.29, 0.717) is 22.6 Å². The van der Waals surface area contributed by atoms with Gasteiger partial charge < -0.3 is 14.4 Å². The molecule has 0 bridgehead atoms. The molecule has 2 aromatic carbocycles. The van der Waals surface area contributed by atoms with Gasteiger partial charge in [-0.1, -0.05) is 24.3 Å². The van der Waals surface area contributed by atoms with E-state index in [-0.39, 0.29) is 18.1 Å². The molecule has 0 unspecified atom stereocenters. The maximum absolute atomic E-state index is 12.0. The summed E-state index contributed by atoms with van der Waals surface area (Å²) in [4.78, 5) is 13.3. The van der Waals surface area contributed by atoms with E-state index in [2.05, 4.69) is 6.07 Å².